The van der Waals surface area contributed by atoms with Gasteiger partial charge in [0.15, 0.2) is 0 Å². The molecule has 0 radical (unpaired) electrons. The number of carbonyl (C=O) groups is 1. The van der Waals surface area contributed by atoms with Gasteiger partial charge in [0.1, 0.15) is 0 Å². The SMILES string of the molecule is O=C(O)CNC1c2ccccc2Cc2ccccc21. The van der Waals surface area contributed by atoms with Gasteiger partial charge in [0.25, 0.3) is 0 Å². The van der Waals surface area contributed by atoms with E-state index in [9.17, 15) is 4.79 Å². The summed E-state index contributed by atoms with van der Waals surface area (Å²) in [5.41, 5.74) is 4.90. The van der Waals surface area contributed by atoms with Gasteiger partial charge in [-0.3, -0.25) is 10.1 Å². The van der Waals surface area contributed by atoms with Crippen LogP contribution in [-0.2, 0) is 11.2 Å². The highest BCUT2D eigenvalue weighted by Crippen LogP contribution is 2.34. The Hall–Kier alpha value is -2.13. The second-order valence-corrected chi connectivity index (χ2v) is 4.78. The largest absolute Gasteiger partial charge is 0.480 e. The van der Waals surface area contributed by atoms with Crippen LogP contribution in [0.3, 0.4) is 0 Å². The molecule has 2 N–H and O–H groups in total. The quantitative estimate of drug-likeness (QED) is 0.882. The van der Waals surface area contributed by atoms with Crippen molar-refractivity contribution >= 4 is 5.97 Å². The van der Waals surface area contributed by atoms with Gasteiger partial charge in [0.2, 0.25) is 0 Å². The van der Waals surface area contributed by atoms with Crippen LogP contribution in [0, 0.1) is 0 Å². The standard InChI is InChI=1S/C16H15NO2/c18-15(19)10-17-16-13-7-3-1-5-11(13)9-12-6-2-4-8-14(12)16/h1-8,16-17H,9-10H2,(H,18,19). The summed E-state index contributed by atoms with van der Waals surface area (Å²) >= 11 is 0. The number of fused-ring (bicyclic) bond motifs is 2. The molecule has 3 heteroatoms. The van der Waals surface area contributed by atoms with Crippen LogP contribution < -0.4 is 5.32 Å². The van der Waals surface area contributed by atoms with Gasteiger partial charge in [0, 0.05) is 0 Å². The van der Waals surface area contributed by atoms with Crippen molar-refractivity contribution in [1.29, 1.82) is 0 Å². The molecular formula is C16H15NO2. The molecule has 19 heavy (non-hydrogen) atoms. The van der Waals surface area contributed by atoms with Crippen molar-refractivity contribution in [3.05, 3.63) is 70.8 Å². The van der Waals surface area contributed by atoms with E-state index in [1.165, 1.54) is 22.3 Å². The van der Waals surface area contributed by atoms with Gasteiger partial charge in [-0.2, -0.15) is 0 Å². The third kappa shape index (κ3) is 2.25. The maximum atomic E-state index is 10.8. The Kier molecular flexibility index (Phi) is 3.05. The van der Waals surface area contributed by atoms with Crippen molar-refractivity contribution in [2.24, 2.45) is 0 Å². The van der Waals surface area contributed by atoms with Crippen molar-refractivity contribution in [3.8, 4) is 0 Å². The minimum Gasteiger partial charge on any atom is -0.480 e. The minimum absolute atomic E-state index is 0.0303. The fourth-order valence-corrected chi connectivity index (χ4v) is 2.74. The van der Waals surface area contributed by atoms with Crippen molar-refractivity contribution in [1.82, 2.24) is 5.32 Å². The van der Waals surface area contributed by atoms with E-state index in [-0.39, 0.29) is 12.6 Å². The van der Waals surface area contributed by atoms with Gasteiger partial charge in [-0.25, -0.2) is 0 Å². The normalized spacial score (nSPS) is 13.7. The first-order chi connectivity index (χ1) is 9.25. The van der Waals surface area contributed by atoms with Crippen LogP contribution >= 0.6 is 0 Å². The zero-order chi connectivity index (χ0) is 13.2. The summed E-state index contributed by atoms with van der Waals surface area (Å²) < 4.78 is 0. The molecule has 3 nitrogen and oxygen atoms in total. The molecule has 1 aliphatic carbocycles. The second kappa shape index (κ2) is 4.86. The predicted octanol–water partition coefficient (Wildman–Crippen LogP) is 2.35. The van der Waals surface area contributed by atoms with Crippen LogP contribution in [-0.4, -0.2) is 17.6 Å². The summed E-state index contributed by atoms with van der Waals surface area (Å²) in [6.45, 7) is -0.0344. The van der Waals surface area contributed by atoms with E-state index in [0.717, 1.165) is 6.42 Å². The molecule has 0 atom stereocenters. The molecule has 0 fully saturated rings. The topological polar surface area (TPSA) is 49.3 Å². The molecule has 0 amide bonds. The molecule has 2 aromatic carbocycles. The molecule has 0 aliphatic heterocycles. The van der Waals surface area contributed by atoms with E-state index >= 15 is 0 Å². The summed E-state index contributed by atoms with van der Waals surface area (Å²) in [4.78, 5) is 10.8. The Morgan fingerprint density at radius 2 is 1.58 bits per heavy atom. The summed E-state index contributed by atoms with van der Waals surface area (Å²) in [6.07, 6.45) is 0.914. The molecule has 2 aromatic rings. The predicted molar refractivity (Wildman–Crippen MR) is 73.2 cm³/mol. The smallest absolute Gasteiger partial charge is 0.317 e. The van der Waals surface area contributed by atoms with Gasteiger partial charge in [-0.05, 0) is 28.7 Å². The molecule has 0 saturated heterocycles. The fourth-order valence-electron chi connectivity index (χ4n) is 2.74. The van der Waals surface area contributed by atoms with Crippen LogP contribution in [0.15, 0.2) is 48.5 Å². The zero-order valence-electron chi connectivity index (χ0n) is 10.5. The highest BCUT2D eigenvalue weighted by atomic mass is 16.4. The summed E-state index contributed by atoms with van der Waals surface area (Å²) in [5.74, 6) is -0.833. The van der Waals surface area contributed by atoms with Gasteiger partial charge in [0.05, 0.1) is 12.6 Å². The van der Waals surface area contributed by atoms with Crippen LogP contribution in [0.4, 0.5) is 0 Å². The van der Waals surface area contributed by atoms with E-state index in [4.69, 9.17) is 5.11 Å². The van der Waals surface area contributed by atoms with Crippen molar-refractivity contribution in [2.45, 2.75) is 12.5 Å². The molecule has 0 bridgehead atoms. The van der Waals surface area contributed by atoms with Gasteiger partial charge < -0.3 is 5.11 Å². The summed E-state index contributed by atoms with van der Waals surface area (Å²) in [5, 5.41) is 12.0. The number of nitrogens with one attached hydrogen (secondary N) is 1. The first-order valence-corrected chi connectivity index (χ1v) is 6.36. The third-order valence-electron chi connectivity index (χ3n) is 3.57. The molecule has 3 rings (SSSR count). The highest BCUT2D eigenvalue weighted by molar-refractivity contribution is 5.69. The maximum absolute atomic E-state index is 10.8. The van der Waals surface area contributed by atoms with E-state index in [2.05, 4.69) is 29.6 Å². The Balaban J connectivity index is 2.03. The average molecular weight is 253 g/mol. The monoisotopic (exact) mass is 253 g/mol. The lowest BCUT2D eigenvalue weighted by Gasteiger charge is -2.28. The average Bonchev–Trinajstić information content (AvgIpc) is 2.43. The first kappa shape index (κ1) is 11.9. The molecule has 96 valence electrons. The molecular weight excluding hydrogens is 238 g/mol. The molecule has 0 spiro atoms. The number of aliphatic carboxylic acids is 1. The molecule has 0 unspecified atom stereocenters. The highest BCUT2D eigenvalue weighted by Gasteiger charge is 2.24. The lowest BCUT2D eigenvalue weighted by atomic mass is 9.82. The fraction of sp³-hybridized carbons (Fsp3) is 0.188. The molecule has 0 aromatic heterocycles. The molecule has 1 aliphatic rings. The van der Waals surface area contributed by atoms with Crippen molar-refractivity contribution in [2.75, 3.05) is 6.54 Å². The minimum atomic E-state index is -0.833. The van der Waals surface area contributed by atoms with E-state index < -0.39 is 5.97 Å². The molecule has 0 heterocycles. The zero-order valence-corrected chi connectivity index (χ0v) is 10.5. The number of carboxylic acid groups (broad SMARTS) is 1. The van der Waals surface area contributed by atoms with Gasteiger partial charge in [-0.15, -0.1) is 0 Å². The van der Waals surface area contributed by atoms with Gasteiger partial charge in [-0.1, -0.05) is 48.5 Å². The second-order valence-electron chi connectivity index (χ2n) is 4.78. The van der Waals surface area contributed by atoms with Crippen LogP contribution in [0.25, 0.3) is 0 Å². The number of hydrogen-bond acceptors (Lipinski definition) is 2. The van der Waals surface area contributed by atoms with Crippen LogP contribution in [0.5, 0.6) is 0 Å². The molecule has 0 saturated carbocycles. The van der Waals surface area contributed by atoms with E-state index in [1.54, 1.807) is 0 Å². The van der Waals surface area contributed by atoms with Crippen molar-refractivity contribution in [3.63, 3.8) is 0 Å². The Morgan fingerprint density at radius 1 is 1.05 bits per heavy atom. The third-order valence-corrected chi connectivity index (χ3v) is 3.57. The number of rotatable bonds is 3. The number of hydrogen-bond donors (Lipinski definition) is 2. The lowest BCUT2D eigenvalue weighted by molar-refractivity contribution is -0.136. The lowest BCUT2D eigenvalue weighted by Crippen LogP contribution is -2.31. The summed E-state index contributed by atoms with van der Waals surface area (Å²) in [6, 6.07) is 16.4. The first-order valence-electron chi connectivity index (χ1n) is 6.36. The Labute approximate surface area is 111 Å². The summed E-state index contributed by atoms with van der Waals surface area (Å²) in [7, 11) is 0. The van der Waals surface area contributed by atoms with E-state index in [0.29, 0.717) is 0 Å². The van der Waals surface area contributed by atoms with Crippen LogP contribution in [0.1, 0.15) is 28.3 Å². The maximum Gasteiger partial charge on any atom is 0.317 e. The number of carboxylic acids is 1. The van der Waals surface area contributed by atoms with Gasteiger partial charge >= 0.3 is 5.97 Å². The number of benzene rings is 2. The van der Waals surface area contributed by atoms with Crippen LogP contribution in [0.2, 0.25) is 0 Å². The van der Waals surface area contributed by atoms with Crippen molar-refractivity contribution < 1.29 is 9.90 Å². The Bertz CT molecular complexity index is 576. The Morgan fingerprint density at radius 3 is 2.11 bits per heavy atom. The van der Waals surface area contributed by atoms with E-state index in [1.807, 2.05) is 24.3 Å².